The van der Waals surface area contributed by atoms with E-state index in [4.69, 9.17) is 4.74 Å². The molecule has 0 saturated carbocycles. The van der Waals surface area contributed by atoms with Crippen molar-refractivity contribution < 1.29 is 4.74 Å². The number of rotatable bonds is 3. The second-order valence-corrected chi connectivity index (χ2v) is 6.50. The van der Waals surface area contributed by atoms with E-state index >= 15 is 0 Å². The first kappa shape index (κ1) is 11.6. The van der Waals surface area contributed by atoms with Gasteiger partial charge in [-0.2, -0.15) is 0 Å². The van der Waals surface area contributed by atoms with Crippen LogP contribution in [0.5, 0.6) is 0 Å². The van der Waals surface area contributed by atoms with Crippen LogP contribution in [0.2, 0.25) is 0 Å². The third-order valence-corrected chi connectivity index (χ3v) is 5.55. The molecule has 4 heteroatoms. The van der Waals surface area contributed by atoms with Gasteiger partial charge in [-0.15, -0.1) is 0 Å². The Kier molecular flexibility index (Phi) is 4.66. The zero-order valence-corrected chi connectivity index (χ0v) is 11.8. The Morgan fingerprint density at radius 2 is 2.00 bits per heavy atom. The normalized spacial score (nSPS) is 17.9. The van der Waals surface area contributed by atoms with Gasteiger partial charge in [0, 0.05) is 0 Å². The van der Waals surface area contributed by atoms with Gasteiger partial charge in [-0.25, -0.2) is 0 Å². The second-order valence-electron chi connectivity index (χ2n) is 3.57. The predicted octanol–water partition coefficient (Wildman–Crippen LogP) is 1.16. The number of ether oxygens (including phenoxy) is 1. The molecule has 0 aromatic heterocycles. The van der Waals surface area contributed by atoms with E-state index in [1.165, 1.54) is 10.0 Å². The van der Waals surface area contributed by atoms with Crippen molar-refractivity contribution in [1.29, 1.82) is 0 Å². The van der Waals surface area contributed by atoms with E-state index in [-0.39, 0.29) is 0 Å². The molecule has 0 bridgehead atoms. The molecule has 1 aromatic rings. The van der Waals surface area contributed by atoms with E-state index < -0.39 is 0 Å². The summed E-state index contributed by atoms with van der Waals surface area (Å²) in [6, 6.07) is 8.68. The Morgan fingerprint density at radius 3 is 2.73 bits per heavy atom. The van der Waals surface area contributed by atoms with Crippen LogP contribution in [0.25, 0.3) is 0 Å². The summed E-state index contributed by atoms with van der Waals surface area (Å²) >= 11 is 4.01. The van der Waals surface area contributed by atoms with Crippen molar-refractivity contribution in [1.82, 2.24) is 4.90 Å². The first-order chi connectivity index (χ1) is 7.40. The van der Waals surface area contributed by atoms with E-state index in [2.05, 4.69) is 43.3 Å². The monoisotopic (exact) mass is 335 g/mol. The summed E-state index contributed by atoms with van der Waals surface area (Å²) in [5, 5.41) is 0. The van der Waals surface area contributed by atoms with Gasteiger partial charge in [-0.05, 0) is 0 Å². The average molecular weight is 335 g/mol. The van der Waals surface area contributed by atoms with E-state index in [1.807, 2.05) is 0 Å². The van der Waals surface area contributed by atoms with Crippen LogP contribution in [-0.2, 0) is 11.3 Å². The van der Waals surface area contributed by atoms with E-state index in [0.29, 0.717) is 13.1 Å². The standard InChI is InChI=1S/C11H14BrNOSe/c12-15-11-4-2-1-3-10(11)9-13-5-7-14-8-6-13/h1-4H,5-9H2. The molecule has 0 spiro atoms. The van der Waals surface area contributed by atoms with Crippen LogP contribution in [-0.4, -0.2) is 44.4 Å². The third kappa shape index (κ3) is 3.30. The summed E-state index contributed by atoms with van der Waals surface area (Å²) in [5.41, 5.74) is 1.45. The molecule has 82 valence electrons. The topological polar surface area (TPSA) is 12.5 Å². The molecule has 1 aliphatic rings. The zero-order chi connectivity index (χ0) is 10.5. The molecule has 2 nitrogen and oxygen atoms in total. The van der Waals surface area contributed by atoms with Crippen molar-refractivity contribution in [3.05, 3.63) is 29.8 Å². The van der Waals surface area contributed by atoms with Crippen molar-refractivity contribution in [2.75, 3.05) is 26.3 Å². The quantitative estimate of drug-likeness (QED) is 0.769. The maximum atomic E-state index is 5.35. The number of hydrogen-bond donors (Lipinski definition) is 0. The number of benzene rings is 1. The Morgan fingerprint density at radius 1 is 1.27 bits per heavy atom. The van der Waals surface area contributed by atoms with Gasteiger partial charge in [0.1, 0.15) is 0 Å². The Labute approximate surface area is 104 Å². The summed E-state index contributed by atoms with van der Waals surface area (Å²) < 4.78 is 6.80. The van der Waals surface area contributed by atoms with E-state index in [9.17, 15) is 0 Å². The van der Waals surface area contributed by atoms with E-state index in [0.717, 1.165) is 32.8 Å². The summed E-state index contributed by atoms with van der Waals surface area (Å²) in [7, 11) is 0. The molecular weight excluding hydrogens is 321 g/mol. The molecule has 15 heavy (non-hydrogen) atoms. The molecule has 0 radical (unpaired) electrons. The van der Waals surface area contributed by atoms with Gasteiger partial charge in [0.05, 0.1) is 0 Å². The van der Waals surface area contributed by atoms with Gasteiger partial charge in [-0.3, -0.25) is 0 Å². The fraction of sp³-hybridized carbons (Fsp3) is 0.455. The fourth-order valence-electron chi connectivity index (χ4n) is 1.71. The van der Waals surface area contributed by atoms with Gasteiger partial charge in [-0.1, -0.05) is 0 Å². The molecule has 0 N–H and O–H groups in total. The summed E-state index contributed by atoms with van der Waals surface area (Å²) in [6.07, 6.45) is 0. The van der Waals surface area contributed by atoms with Crippen LogP contribution in [0.15, 0.2) is 24.3 Å². The fourth-order valence-corrected chi connectivity index (χ4v) is 4.11. The van der Waals surface area contributed by atoms with Gasteiger partial charge in [0.25, 0.3) is 0 Å². The Balaban J connectivity index is 2.02. The number of halogens is 1. The summed E-state index contributed by atoms with van der Waals surface area (Å²) in [5.74, 6) is 0. The zero-order valence-electron chi connectivity index (χ0n) is 8.49. The average Bonchev–Trinajstić information content (AvgIpc) is 2.31. The molecular formula is C11H14BrNOSe. The van der Waals surface area contributed by atoms with Crippen LogP contribution >= 0.6 is 14.1 Å². The SMILES string of the molecule is Br[Se]c1ccccc1CN1CCOCC1. The van der Waals surface area contributed by atoms with Gasteiger partial charge in [0.15, 0.2) is 0 Å². The molecule has 0 aliphatic carbocycles. The molecule has 1 aromatic carbocycles. The minimum absolute atomic E-state index is 0.413. The third-order valence-electron chi connectivity index (χ3n) is 2.55. The van der Waals surface area contributed by atoms with Crippen molar-refractivity contribution >= 4 is 31.7 Å². The van der Waals surface area contributed by atoms with Crippen molar-refractivity contribution in [2.24, 2.45) is 0 Å². The van der Waals surface area contributed by atoms with E-state index in [1.54, 1.807) is 0 Å². The second kappa shape index (κ2) is 6.02. The first-order valence-corrected chi connectivity index (χ1v) is 9.93. The number of morpholine rings is 1. The van der Waals surface area contributed by atoms with Gasteiger partial charge < -0.3 is 0 Å². The van der Waals surface area contributed by atoms with Crippen molar-refractivity contribution in [3.8, 4) is 0 Å². The van der Waals surface area contributed by atoms with Crippen LogP contribution in [0, 0.1) is 0 Å². The van der Waals surface area contributed by atoms with Crippen LogP contribution in [0.3, 0.4) is 0 Å². The number of nitrogens with zero attached hydrogens (tertiary/aromatic N) is 1. The van der Waals surface area contributed by atoms with Crippen LogP contribution in [0.4, 0.5) is 0 Å². The Bertz CT molecular complexity index is 315. The molecule has 0 unspecified atom stereocenters. The molecule has 0 atom stereocenters. The molecule has 1 heterocycles. The molecule has 1 aliphatic heterocycles. The molecule has 1 fully saturated rings. The molecule has 0 amide bonds. The minimum atomic E-state index is 0.413. The van der Waals surface area contributed by atoms with Crippen molar-refractivity contribution in [3.63, 3.8) is 0 Å². The van der Waals surface area contributed by atoms with Crippen molar-refractivity contribution in [2.45, 2.75) is 6.54 Å². The van der Waals surface area contributed by atoms with Crippen LogP contribution < -0.4 is 4.46 Å². The number of hydrogen-bond acceptors (Lipinski definition) is 2. The predicted molar refractivity (Wildman–Crippen MR) is 66.9 cm³/mol. The maximum absolute atomic E-state index is 5.35. The van der Waals surface area contributed by atoms with Crippen LogP contribution in [0.1, 0.15) is 5.56 Å². The van der Waals surface area contributed by atoms with Gasteiger partial charge >= 0.3 is 104 Å². The van der Waals surface area contributed by atoms with Gasteiger partial charge in [0.2, 0.25) is 0 Å². The first-order valence-electron chi connectivity index (χ1n) is 5.07. The Hall–Kier alpha value is 0.139. The summed E-state index contributed by atoms with van der Waals surface area (Å²) in [4.78, 5) is 2.46. The summed E-state index contributed by atoms with van der Waals surface area (Å²) in [6.45, 7) is 4.93. The molecule has 2 rings (SSSR count). The molecule has 1 saturated heterocycles.